The van der Waals surface area contributed by atoms with Crippen LogP contribution in [0.4, 0.5) is 0 Å². The fraction of sp³-hybridized carbons (Fsp3) is 0.333. The first-order chi connectivity index (χ1) is 11.5. The highest BCUT2D eigenvalue weighted by molar-refractivity contribution is 7.90. The minimum absolute atomic E-state index is 0.282. The lowest BCUT2D eigenvalue weighted by molar-refractivity contribution is 0.354. The number of fused-ring (bicyclic) bond motifs is 1. The summed E-state index contributed by atoms with van der Waals surface area (Å²) in [6.07, 6.45) is 0. The molecule has 0 fully saturated rings. The molecule has 2 heterocycles. The molecule has 0 saturated carbocycles. The number of hydrogen-bond acceptors (Lipinski definition) is 6. The smallest absolute Gasteiger partial charge is 0.316 e. The molecule has 2 aromatic heterocycles. The van der Waals surface area contributed by atoms with Crippen molar-refractivity contribution in [1.29, 1.82) is 0 Å². The van der Waals surface area contributed by atoms with E-state index in [1.165, 1.54) is 18.4 Å². The first-order valence-corrected chi connectivity index (χ1v) is 9.80. The molecule has 1 N–H and O–H groups in total. The predicted octanol–water partition coefficient (Wildman–Crippen LogP) is 2.56. The third-order valence-electron chi connectivity index (χ3n) is 3.70. The van der Waals surface area contributed by atoms with Crippen molar-refractivity contribution in [2.45, 2.75) is 31.3 Å². The van der Waals surface area contributed by atoms with E-state index in [1.807, 2.05) is 31.2 Å². The number of aromatic nitrogens is 3. The first-order valence-electron chi connectivity index (χ1n) is 7.43. The van der Waals surface area contributed by atoms with E-state index in [1.54, 1.807) is 16.9 Å². The van der Waals surface area contributed by atoms with E-state index < -0.39 is 16.1 Å². The van der Waals surface area contributed by atoms with Crippen LogP contribution in [-0.4, -0.2) is 30.3 Å². The van der Waals surface area contributed by atoms with Crippen LogP contribution in [0.5, 0.6) is 6.01 Å². The van der Waals surface area contributed by atoms with Gasteiger partial charge in [-0.1, -0.05) is 23.3 Å². The Morgan fingerprint density at radius 1 is 1.33 bits per heavy atom. The quantitative estimate of drug-likeness (QED) is 0.724. The Kier molecular flexibility index (Phi) is 4.57. The lowest BCUT2D eigenvalue weighted by Gasteiger charge is -2.14. The molecule has 0 radical (unpaired) electrons. The minimum Gasteiger partial charge on any atom is -0.467 e. The van der Waals surface area contributed by atoms with Crippen LogP contribution in [0.2, 0.25) is 0 Å². The van der Waals surface area contributed by atoms with Crippen LogP contribution in [-0.2, 0) is 16.6 Å². The third-order valence-corrected chi connectivity index (χ3v) is 6.39. The standard InChI is InChI=1S/C15H18N4O3S2/c1-4-19-14(16-17-15(19)22-3)10(2)18-24(20,21)13-9-23-12-8-6-5-7-11(12)13/h5-10,18H,4H2,1-3H3/t10-/m1/s1. The number of methoxy groups -OCH3 is 1. The lowest BCUT2D eigenvalue weighted by Crippen LogP contribution is -2.28. The number of nitrogens with one attached hydrogen (secondary N) is 1. The second-order valence-electron chi connectivity index (χ2n) is 5.23. The topological polar surface area (TPSA) is 86.1 Å². The van der Waals surface area contributed by atoms with Crippen molar-refractivity contribution >= 4 is 31.4 Å². The Morgan fingerprint density at radius 2 is 2.08 bits per heavy atom. The molecule has 0 saturated heterocycles. The van der Waals surface area contributed by atoms with Crippen LogP contribution < -0.4 is 9.46 Å². The fourth-order valence-electron chi connectivity index (χ4n) is 2.58. The average molecular weight is 366 g/mol. The van der Waals surface area contributed by atoms with E-state index in [9.17, 15) is 8.42 Å². The van der Waals surface area contributed by atoms with Crippen molar-refractivity contribution in [1.82, 2.24) is 19.5 Å². The summed E-state index contributed by atoms with van der Waals surface area (Å²) in [5.74, 6) is 0.512. The van der Waals surface area contributed by atoms with E-state index in [0.717, 1.165) is 10.1 Å². The van der Waals surface area contributed by atoms with Crippen molar-refractivity contribution < 1.29 is 13.2 Å². The largest absolute Gasteiger partial charge is 0.467 e. The fourth-order valence-corrected chi connectivity index (χ4v) is 5.28. The van der Waals surface area contributed by atoms with Crippen LogP contribution >= 0.6 is 11.3 Å². The highest BCUT2D eigenvalue weighted by Crippen LogP contribution is 2.30. The Hall–Kier alpha value is -1.97. The van der Waals surface area contributed by atoms with Gasteiger partial charge in [0.25, 0.3) is 0 Å². The lowest BCUT2D eigenvalue weighted by atomic mass is 10.3. The molecule has 3 rings (SSSR count). The maximum absolute atomic E-state index is 12.8. The Labute approximate surface area is 144 Å². The molecule has 0 unspecified atom stereocenters. The summed E-state index contributed by atoms with van der Waals surface area (Å²) in [6.45, 7) is 4.24. The molecule has 0 aliphatic rings. The Morgan fingerprint density at radius 3 is 2.79 bits per heavy atom. The minimum atomic E-state index is -3.67. The maximum atomic E-state index is 12.8. The van der Waals surface area contributed by atoms with Gasteiger partial charge in [-0.15, -0.1) is 16.4 Å². The second-order valence-corrected chi connectivity index (χ2v) is 7.82. The van der Waals surface area contributed by atoms with Gasteiger partial charge in [-0.2, -0.15) is 0 Å². The molecule has 3 aromatic rings. The molecule has 9 heteroatoms. The van der Waals surface area contributed by atoms with Crippen LogP contribution in [0.1, 0.15) is 25.7 Å². The van der Waals surface area contributed by atoms with Gasteiger partial charge in [0.05, 0.1) is 13.2 Å². The van der Waals surface area contributed by atoms with Gasteiger partial charge in [0.2, 0.25) is 10.0 Å². The van der Waals surface area contributed by atoms with E-state index >= 15 is 0 Å². The molecule has 0 aliphatic heterocycles. The highest BCUT2D eigenvalue weighted by atomic mass is 32.2. The van der Waals surface area contributed by atoms with Crippen LogP contribution in [0.25, 0.3) is 10.1 Å². The van der Waals surface area contributed by atoms with Crippen molar-refractivity contribution in [2.24, 2.45) is 0 Å². The van der Waals surface area contributed by atoms with Gasteiger partial charge in [-0.25, -0.2) is 13.1 Å². The molecular formula is C15H18N4O3S2. The van der Waals surface area contributed by atoms with E-state index in [-0.39, 0.29) is 4.90 Å². The summed E-state index contributed by atoms with van der Waals surface area (Å²) < 4.78 is 36.0. The van der Waals surface area contributed by atoms with Crippen molar-refractivity contribution in [2.75, 3.05) is 7.11 Å². The summed E-state index contributed by atoms with van der Waals surface area (Å²) in [6, 6.07) is 7.26. The van der Waals surface area contributed by atoms with E-state index in [2.05, 4.69) is 14.9 Å². The van der Waals surface area contributed by atoms with Crippen LogP contribution in [0.15, 0.2) is 34.5 Å². The molecule has 0 aliphatic carbocycles. The summed E-state index contributed by atoms with van der Waals surface area (Å²) in [5, 5.41) is 10.4. The van der Waals surface area contributed by atoms with Crippen LogP contribution in [0, 0.1) is 0 Å². The summed E-state index contributed by atoms with van der Waals surface area (Å²) >= 11 is 1.41. The zero-order chi connectivity index (χ0) is 17.3. The molecule has 24 heavy (non-hydrogen) atoms. The number of rotatable bonds is 6. The number of nitrogens with zero attached hydrogens (tertiary/aromatic N) is 3. The van der Waals surface area contributed by atoms with Gasteiger partial charge in [-0.05, 0) is 19.9 Å². The van der Waals surface area contributed by atoms with Crippen molar-refractivity contribution in [3.63, 3.8) is 0 Å². The van der Waals surface area contributed by atoms with E-state index in [4.69, 9.17) is 4.74 Å². The number of thiophene rings is 1. The van der Waals surface area contributed by atoms with Gasteiger partial charge in [0.15, 0.2) is 5.82 Å². The zero-order valence-corrected chi connectivity index (χ0v) is 15.2. The van der Waals surface area contributed by atoms with Crippen molar-refractivity contribution in [3.05, 3.63) is 35.5 Å². The number of sulfonamides is 1. The molecule has 1 atom stereocenters. The molecule has 0 amide bonds. The van der Waals surface area contributed by atoms with Gasteiger partial charge >= 0.3 is 6.01 Å². The summed E-state index contributed by atoms with van der Waals surface area (Å²) in [5.41, 5.74) is 0. The molecule has 1 aromatic carbocycles. The molecule has 7 nitrogen and oxygen atoms in total. The Balaban J connectivity index is 1.93. The van der Waals surface area contributed by atoms with Gasteiger partial charge in [0.1, 0.15) is 4.90 Å². The SMILES string of the molecule is CCn1c(OC)nnc1[C@@H](C)NS(=O)(=O)c1csc2ccccc12. The van der Waals surface area contributed by atoms with E-state index in [0.29, 0.717) is 18.4 Å². The monoisotopic (exact) mass is 366 g/mol. The maximum Gasteiger partial charge on any atom is 0.316 e. The van der Waals surface area contributed by atoms with Crippen LogP contribution in [0.3, 0.4) is 0 Å². The normalized spacial score (nSPS) is 13.3. The second kappa shape index (κ2) is 6.50. The predicted molar refractivity (Wildman–Crippen MR) is 92.8 cm³/mol. The number of benzene rings is 1. The van der Waals surface area contributed by atoms with Gasteiger partial charge in [0, 0.05) is 22.0 Å². The number of hydrogen-bond donors (Lipinski definition) is 1. The van der Waals surface area contributed by atoms with Gasteiger partial charge < -0.3 is 4.74 Å². The zero-order valence-electron chi connectivity index (χ0n) is 13.6. The Bertz CT molecular complexity index is 962. The van der Waals surface area contributed by atoms with Gasteiger partial charge in [-0.3, -0.25) is 4.57 Å². The van der Waals surface area contributed by atoms with Crippen molar-refractivity contribution in [3.8, 4) is 6.01 Å². The molecular weight excluding hydrogens is 348 g/mol. The third kappa shape index (κ3) is 2.90. The number of ether oxygens (including phenoxy) is 1. The molecule has 0 spiro atoms. The molecule has 128 valence electrons. The molecule has 0 bridgehead atoms. The summed E-state index contributed by atoms with van der Waals surface area (Å²) in [4.78, 5) is 0.282. The first kappa shape index (κ1) is 16.9. The summed E-state index contributed by atoms with van der Waals surface area (Å²) in [7, 11) is -2.17. The average Bonchev–Trinajstić information content (AvgIpc) is 3.18. The highest BCUT2D eigenvalue weighted by Gasteiger charge is 2.25.